The topological polar surface area (TPSA) is 66.5 Å². The first-order valence-electron chi connectivity index (χ1n) is 9.27. The lowest BCUT2D eigenvalue weighted by molar-refractivity contribution is 0.0723. The lowest BCUT2D eigenvalue weighted by Crippen LogP contribution is -2.36. The lowest BCUT2D eigenvalue weighted by Gasteiger charge is -2.27. The van der Waals surface area contributed by atoms with E-state index in [1.54, 1.807) is 24.3 Å². The Morgan fingerprint density at radius 2 is 1.56 bits per heavy atom. The highest BCUT2D eigenvalue weighted by Crippen LogP contribution is 2.23. The number of benzene rings is 2. The minimum absolute atomic E-state index is 0.0874. The van der Waals surface area contributed by atoms with Crippen molar-refractivity contribution in [2.45, 2.75) is 44.9 Å². The SMILES string of the molecule is Cc1cc(C)cc(NS(=O)(=O)c2ccc(C)c(C(=O)N3CCCCC3)c2)c1. The first kappa shape index (κ1) is 19.4. The van der Waals surface area contributed by atoms with Crippen LogP contribution in [0.25, 0.3) is 0 Å². The number of piperidine rings is 1. The number of likely N-dealkylation sites (tertiary alicyclic amines) is 1. The summed E-state index contributed by atoms with van der Waals surface area (Å²) >= 11 is 0. The summed E-state index contributed by atoms with van der Waals surface area (Å²) in [7, 11) is -3.77. The molecule has 1 saturated heterocycles. The van der Waals surface area contributed by atoms with Crippen molar-refractivity contribution in [2.75, 3.05) is 17.8 Å². The van der Waals surface area contributed by atoms with E-state index in [4.69, 9.17) is 0 Å². The molecule has 1 aliphatic heterocycles. The fourth-order valence-corrected chi connectivity index (χ4v) is 4.58. The van der Waals surface area contributed by atoms with Gasteiger partial charge in [-0.1, -0.05) is 12.1 Å². The number of aryl methyl sites for hydroxylation is 3. The van der Waals surface area contributed by atoms with Crippen molar-refractivity contribution >= 4 is 21.6 Å². The molecule has 0 atom stereocenters. The van der Waals surface area contributed by atoms with E-state index < -0.39 is 10.0 Å². The number of nitrogens with zero attached hydrogens (tertiary/aromatic N) is 1. The van der Waals surface area contributed by atoms with E-state index in [2.05, 4.69) is 4.72 Å². The van der Waals surface area contributed by atoms with Crippen molar-refractivity contribution in [3.63, 3.8) is 0 Å². The standard InChI is InChI=1S/C21H26N2O3S/c1-15-11-16(2)13-18(12-15)22-27(25,26)19-8-7-17(3)20(14-19)21(24)23-9-5-4-6-10-23/h7-8,11-14,22H,4-6,9-10H2,1-3H3. The van der Waals surface area contributed by atoms with Crippen LogP contribution in [0.5, 0.6) is 0 Å². The molecule has 1 heterocycles. The van der Waals surface area contributed by atoms with E-state index in [0.717, 1.165) is 49.0 Å². The monoisotopic (exact) mass is 386 g/mol. The number of hydrogen-bond donors (Lipinski definition) is 1. The highest BCUT2D eigenvalue weighted by Gasteiger charge is 2.23. The molecular weight excluding hydrogens is 360 g/mol. The summed E-state index contributed by atoms with van der Waals surface area (Å²) < 4.78 is 28.3. The molecule has 5 nitrogen and oxygen atoms in total. The predicted molar refractivity (Wildman–Crippen MR) is 108 cm³/mol. The third kappa shape index (κ3) is 4.50. The average molecular weight is 387 g/mol. The molecule has 1 fully saturated rings. The molecule has 2 aromatic carbocycles. The number of rotatable bonds is 4. The zero-order valence-corrected chi connectivity index (χ0v) is 16.9. The Kier molecular flexibility index (Phi) is 5.56. The average Bonchev–Trinajstić information content (AvgIpc) is 2.61. The Hall–Kier alpha value is -2.34. The number of anilines is 1. The van der Waals surface area contributed by atoms with Gasteiger partial charge in [0, 0.05) is 24.3 Å². The normalized spacial score (nSPS) is 14.9. The molecule has 0 aliphatic carbocycles. The first-order valence-corrected chi connectivity index (χ1v) is 10.8. The zero-order chi connectivity index (χ0) is 19.6. The van der Waals surface area contributed by atoms with E-state index in [0.29, 0.717) is 11.3 Å². The zero-order valence-electron chi connectivity index (χ0n) is 16.1. The van der Waals surface area contributed by atoms with Crippen LogP contribution in [-0.2, 0) is 10.0 Å². The molecule has 1 aliphatic rings. The van der Waals surface area contributed by atoms with Crippen LogP contribution in [0.1, 0.15) is 46.3 Å². The van der Waals surface area contributed by atoms with Crippen LogP contribution < -0.4 is 4.72 Å². The van der Waals surface area contributed by atoms with Crippen molar-refractivity contribution in [3.05, 3.63) is 58.7 Å². The molecule has 0 unspecified atom stereocenters. The fraction of sp³-hybridized carbons (Fsp3) is 0.381. The third-order valence-electron chi connectivity index (χ3n) is 4.87. The Labute approximate surface area is 161 Å². The summed E-state index contributed by atoms with van der Waals surface area (Å²) in [6.07, 6.45) is 3.13. The Bertz CT molecular complexity index is 941. The smallest absolute Gasteiger partial charge is 0.261 e. The molecule has 0 bridgehead atoms. The molecule has 27 heavy (non-hydrogen) atoms. The maximum absolute atomic E-state index is 12.9. The molecule has 3 rings (SSSR count). The first-order chi connectivity index (χ1) is 12.8. The van der Waals surface area contributed by atoms with Gasteiger partial charge < -0.3 is 4.90 Å². The van der Waals surface area contributed by atoms with Gasteiger partial charge in [0.1, 0.15) is 0 Å². The van der Waals surface area contributed by atoms with Crippen molar-refractivity contribution in [1.82, 2.24) is 4.90 Å². The maximum Gasteiger partial charge on any atom is 0.261 e. The van der Waals surface area contributed by atoms with Crippen molar-refractivity contribution in [3.8, 4) is 0 Å². The second-order valence-corrected chi connectivity index (χ2v) is 8.99. The highest BCUT2D eigenvalue weighted by atomic mass is 32.2. The molecule has 0 saturated carbocycles. The van der Waals surface area contributed by atoms with Crippen LogP contribution in [-0.4, -0.2) is 32.3 Å². The number of carbonyl (C=O) groups is 1. The van der Waals surface area contributed by atoms with Gasteiger partial charge in [-0.15, -0.1) is 0 Å². The summed E-state index contributed by atoms with van der Waals surface area (Å²) in [5.74, 6) is -0.0874. The summed E-state index contributed by atoms with van der Waals surface area (Å²) in [5.41, 5.74) is 3.74. The van der Waals surface area contributed by atoms with E-state index >= 15 is 0 Å². The van der Waals surface area contributed by atoms with Gasteiger partial charge in [0.05, 0.1) is 4.90 Å². The summed E-state index contributed by atoms with van der Waals surface area (Å²) in [6, 6.07) is 10.3. The second kappa shape index (κ2) is 7.72. The van der Waals surface area contributed by atoms with Crippen LogP contribution >= 0.6 is 0 Å². The molecule has 2 aromatic rings. The number of sulfonamides is 1. The predicted octanol–water partition coefficient (Wildman–Crippen LogP) is 4.04. The van der Waals surface area contributed by atoms with E-state index in [1.807, 2.05) is 31.7 Å². The van der Waals surface area contributed by atoms with Crippen LogP contribution in [0.2, 0.25) is 0 Å². The van der Waals surface area contributed by atoms with E-state index in [9.17, 15) is 13.2 Å². The van der Waals surface area contributed by atoms with Crippen LogP contribution in [0.4, 0.5) is 5.69 Å². The van der Waals surface area contributed by atoms with Crippen LogP contribution in [0.3, 0.4) is 0 Å². The summed E-state index contributed by atoms with van der Waals surface area (Å²) in [5, 5.41) is 0. The number of nitrogens with one attached hydrogen (secondary N) is 1. The van der Waals surface area contributed by atoms with Gasteiger partial charge in [-0.3, -0.25) is 9.52 Å². The number of amides is 1. The van der Waals surface area contributed by atoms with Crippen LogP contribution in [0, 0.1) is 20.8 Å². The largest absolute Gasteiger partial charge is 0.339 e. The highest BCUT2D eigenvalue weighted by molar-refractivity contribution is 7.92. The number of carbonyl (C=O) groups excluding carboxylic acids is 1. The van der Waals surface area contributed by atoms with Gasteiger partial charge in [0.2, 0.25) is 0 Å². The van der Waals surface area contributed by atoms with Crippen molar-refractivity contribution < 1.29 is 13.2 Å². The minimum atomic E-state index is -3.77. The fourth-order valence-electron chi connectivity index (χ4n) is 3.51. The Morgan fingerprint density at radius 3 is 2.19 bits per heavy atom. The molecule has 1 amide bonds. The van der Waals surface area contributed by atoms with Gasteiger partial charge in [0.15, 0.2) is 0 Å². The molecule has 144 valence electrons. The van der Waals surface area contributed by atoms with Gasteiger partial charge in [-0.05, 0) is 81.0 Å². The van der Waals surface area contributed by atoms with Crippen LogP contribution in [0.15, 0.2) is 41.3 Å². The summed E-state index contributed by atoms with van der Waals surface area (Å²) in [4.78, 5) is 14.8. The Morgan fingerprint density at radius 1 is 0.926 bits per heavy atom. The Balaban J connectivity index is 1.90. The van der Waals surface area contributed by atoms with E-state index in [1.165, 1.54) is 6.07 Å². The van der Waals surface area contributed by atoms with E-state index in [-0.39, 0.29) is 10.8 Å². The summed E-state index contributed by atoms with van der Waals surface area (Å²) in [6.45, 7) is 7.15. The minimum Gasteiger partial charge on any atom is -0.339 e. The molecule has 0 aromatic heterocycles. The van der Waals surface area contributed by atoms with Gasteiger partial charge in [-0.25, -0.2) is 8.42 Å². The van der Waals surface area contributed by atoms with Crippen molar-refractivity contribution in [1.29, 1.82) is 0 Å². The second-order valence-electron chi connectivity index (χ2n) is 7.31. The maximum atomic E-state index is 12.9. The number of hydrogen-bond acceptors (Lipinski definition) is 3. The van der Waals surface area contributed by atoms with Gasteiger partial charge >= 0.3 is 0 Å². The molecule has 6 heteroatoms. The van der Waals surface area contributed by atoms with Crippen molar-refractivity contribution in [2.24, 2.45) is 0 Å². The van der Waals surface area contributed by atoms with Gasteiger partial charge in [0.25, 0.3) is 15.9 Å². The molecular formula is C21H26N2O3S. The third-order valence-corrected chi connectivity index (χ3v) is 6.25. The molecule has 1 N–H and O–H groups in total. The molecule has 0 spiro atoms. The molecule has 0 radical (unpaired) electrons. The quantitative estimate of drug-likeness (QED) is 0.862. The van der Waals surface area contributed by atoms with Gasteiger partial charge in [-0.2, -0.15) is 0 Å². The lowest BCUT2D eigenvalue weighted by atomic mass is 10.1.